The molecule has 1 aromatic rings. The standard InChI is InChI=1S/C10H15ClN4O2/c1-10(2,12-3)8(16)15-9-13-6(11)5-7(14-9)17-4/h5,12H,1-4H3,(H,13,14,15,16). The van der Waals surface area contributed by atoms with Crippen LogP contribution in [0, 0.1) is 0 Å². The molecule has 1 heterocycles. The molecule has 0 aliphatic rings. The molecular formula is C10H15ClN4O2. The van der Waals surface area contributed by atoms with Crippen LogP contribution in [0.15, 0.2) is 6.07 Å². The maximum Gasteiger partial charge on any atom is 0.246 e. The van der Waals surface area contributed by atoms with Crippen LogP contribution in [0.5, 0.6) is 5.88 Å². The van der Waals surface area contributed by atoms with Crippen LogP contribution in [0.1, 0.15) is 13.8 Å². The van der Waals surface area contributed by atoms with Crippen LogP contribution in [0.4, 0.5) is 5.95 Å². The Hall–Kier alpha value is -1.40. The molecule has 0 saturated carbocycles. The first-order chi connectivity index (χ1) is 7.89. The Morgan fingerprint density at radius 1 is 1.47 bits per heavy atom. The second-order valence-electron chi connectivity index (χ2n) is 3.89. The van der Waals surface area contributed by atoms with E-state index in [-0.39, 0.29) is 17.0 Å². The molecule has 0 unspecified atom stereocenters. The van der Waals surface area contributed by atoms with Gasteiger partial charge < -0.3 is 10.1 Å². The molecule has 1 rings (SSSR count). The summed E-state index contributed by atoms with van der Waals surface area (Å²) in [4.78, 5) is 19.7. The largest absolute Gasteiger partial charge is 0.481 e. The Morgan fingerprint density at radius 2 is 2.12 bits per heavy atom. The van der Waals surface area contributed by atoms with Crippen molar-refractivity contribution in [2.24, 2.45) is 0 Å². The van der Waals surface area contributed by atoms with Crippen molar-refractivity contribution in [3.05, 3.63) is 11.2 Å². The van der Waals surface area contributed by atoms with Gasteiger partial charge in [-0.05, 0) is 20.9 Å². The van der Waals surface area contributed by atoms with Crippen molar-refractivity contribution in [2.75, 3.05) is 19.5 Å². The molecule has 0 aliphatic carbocycles. The van der Waals surface area contributed by atoms with E-state index in [1.165, 1.54) is 13.2 Å². The molecule has 2 N–H and O–H groups in total. The second-order valence-corrected chi connectivity index (χ2v) is 4.27. The van der Waals surface area contributed by atoms with Crippen LogP contribution in [-0.2, 0) is 4.79 Å². The van der Waals surface area contributed by atoms with Crippen molar-refractivity contribution in [3.63, 3.8) is 0 Å². The summed E-state index contributed by atoms with van der Waals surface area (Å²) in [6.45, 7) is 3.48. The van der Waals surface area contributed by atoms with Crippen molar-refractivity contribution in [1.29, 1.82) is 0 Å². The molecule has 0 fully saturated rings. The monoisotopic (exact) mass is 258 g/mol. The zero-order valence-corrected chi connectivity index (χ0v) is 10.9. The topological polar surface area (TPSA) is 76.1 Å². The van der Waals surface area contributed by atoms with Gasteiger partial charge >= 0.3 is 0 Å². The van der Waals surface area contributed by atoms with Crippen LogP contribution in [-0.4, -0.2) is 35.6 Å². The average molecular weight is 259 g/mol. The fraction of sp³-hybridized carbons (Fsp3) is 0.500. The number of aromatic nitrogens is 2. The van der Waals surface area contributed by atoms with Gasteiger partial charge in [0.2, 0.25) is 17.7 Å². The van der Waals surface area contributed by atoms with E-state index in [1.54, 1.807) is 20.9 Å². The van der Waals surface area contributed by atoms with Crippen molar-refractivity contribution in [3.8, 4) is 5.88 Å². The molecule has 0 bridgehead atoms. The molecule has 7 heteroatoms. The third-order valence-corrected chi connectivity index (χ3v) is 2.49. The van der Waals surface area contributed by atoms with Gasteiger partial charge in [-0.3, -0.25) is 10.1 Å². The fourth-order valence-electron chi connectivity index (χ4n) is 0.929. The molecule has 0 saturated heterocycles. The predicted molar refractivity (Wildman–Crippen MR) is 65.4 cm³/mol. The lowest BCUT2D eigenvalue weighted by molar-refractivity contribution is -0.121. The summed E-state index contributed by atoms with van der Waals surface area (Å²) in [5.41, 5.74) is -0.723. The van der Waals surface area contributed by atoms with E-state index in [4.69, 9.17) is 16.3 Å². The Kier molecular flexibility index (Phi) is 4.25. The number of nitrogens with zero attached hydrogens (tertiary/aromatic N) is 2. The molecule has 6 nitrogen and oxygen atoms in total. The van der Waals surface area contributed by atoms with Gasteiger partial charge in [0, 0.05) is 6.07 Å². The molecule has 94 valence electrons. The number of nitrogens with one attached hydrogen (secondary N) is 2. The highest BCUT2D eigenvalue weighted by molar-refractivity contribution is 6.29. The van der Waals surface area contributed by atoms with Gasteiger partial charge in [-0.2, -0.15) is 4.98 Å². The minimum atomic E-state index is -0.723. The van der Waals surface area contributed by atoms with E-state index in [9.17, 15) is 4.79 Å². The van der Waals surface area contributed by atoms with Gasteiger partial charge in [0.05, 0.1) is 12.6 Å². The molecule has 0 radical (unpaired) electrons. The van der Waals surface area contributed by atoms with Gasteiger partial charge in [-0.25, -0.2) is 4.98 Å². The Morgan fingerprint density at radius 3 is 2.65 bits per heavy atom. The molecule has 1 amide bonds. The first-order valence-electron chi connectivity index (χ1n) is 4.98. The lowest BCUT2D eigenvalue weighted by Gasteiger charge is -2.22. The molecule has 0 aromatic carbocycles. The highest BCUT2D eigenvalue weighted by Gasteiger charge is 2.26. The van der Waals surface area contributed by atoms with Gasteiger partial charge in [0.25, 0.3) is 0 Å². The zero-order valence-electron chi connectivity index (χ0n) is 10.2. The van der Waals surface area contributed by atoms with Crippen LogP contribution in [0.25, 0.3) is 0 Å². The number of hydrogen-bond acceptors (Lipinski definition) is 5. The Balaban J connectivity index is 2.88. The normalized spacial score (nSPS) is 11.1. The first kappa shape index (κ1) is 13.7. The van der Waals surface area contributed by atoms with Crippen molar-refractivity contribution in [2.45, 2.75) is 19.4 Å². The second kappa shape index (κ2) is 5.29. The van der Waals surface area contributed by atoms with Crippen molar-refractivity contribution in [1.82, 2.24) is 15.3 Å². The average Bonchev–Trinajstić information content (AvgIpc) is 2.28. The van der Waals surface area contributed by atoms with Crippen LogP contribution in [0.2, 0.25) is 5.15 Å². The van der Waals surface area contributed by atoms with Gasteiger partial charge in [0.15, 0.2) is 0 Å². The number of ether oxygens (including phenoxy) is 1. The highest BCUT2D eigenvalue weighted by atomic mass is 35.5. The quantitative estimate of drug-likeness (QED) is 0.791. The number of likely N-dealkylation sites (N-methyl/N-ethyl adjacent to an activating group) is 1. The van der Waals surface area contributed by atoms with E-state index < -0.39 is 5.54 Å². The lowest BCUT2D eigenvalue weighted by atomic mass is 10.1. The van der Waals surface area contributed by atoms with E-state index in [0.717, 1.165) is 0 Å². The SMILES string of the molecule is CNC(C)(C)C(=O)Nc1nc(Cl)cc(OC)n1. The molecule has 17 heavy (non-hydrogen) atoms. The maximum atomic E-state index is 11.8. The summed E-state index contributed by atoms with van der Waals surface area (Å²) >= 11 is 5.76. The minimum Gasteiger partial charge on any atom is -0.481 e. The van der Waals surface area contributed by atoms with Crippen molar-refractivity contribution < 1.29 is 9.53 Å². The van der Waals surface area contributed by atoms with E-state index >= 15 is 0 Å². The summed E-state index contributed by atoms with van der Waals surface area (Å²) in [5.74, 6) is 0.148. The van der Waals surface area contributed by atoms with E-state index in [1.807, 2.05) is 0 Å². The lowest BCUT2D eigenvalue weighted by Crippen LogP contribution is -2.48. The number of halogens is 1. The smallest absolute Gasteiger partial charge is 0.246 e. The van der Waals surface area contributed by atoms with Crippen molar-refractivity contribution >= 4 is 23.5 Å². The number of carbonyl (C=O) groups excluding carboxylic acids is 1. The zero-order chi connectivity index (χ0) is 13.1. The molecule has 1 aromatic heterocycles. The van der Waals surface area contributed by atoms with Crippen LogP contribution < -0.4 is 15.4 Å². The van der Waals surface area contributed by atoms with Gasteiger partial charge in [-0.1, -0.05) is 11.6 Å². The third-order valence-electron chi connectivity index (χ3n) is 2.30. The first-order valence-corrected chi connectivity index (χ1v) is 5.36. The van der Waals surface area contributed by atoms with E-state index in [0.29, 0.717) is 5.88 Å². The Bertz CT molecular complexity index is 423. The molecule has 0 aliphatic heterocycles. The number of hydrogen-bond donors (Lipinski definition) is 2. The van der Waals surface area contributed by atoms with Crippen LogP contribution >= 0.6 is 11.6 Å². The highest BCUT2D eigenvalue weighted by Crippen LogP contribution is 2.16. The fourth-order valence-corrected chi connectivity index (χ4v) is 1.10. The summed E-state index contributed by atoms with van der Waals surface area (Å²) in [6.07, 6.45) is 0. The van der Waals surface area contributed by atoms with Crippen LogP contribution in [0.3, 0.4) is 0 Å². The minimum absolute atomic E-state index is 0.114. The number of amides is 1. The number of methoxy groups -OCH3 is 1. The number of anilines is 1. The van der Waals surface area contributed by atoms with Gasteiger partial charge in [-0.15, -0.1) is 0 Å². The number of carbonyl (C=O) groups is 1. The van der Waals surface area contributed by atoms with Gasteiger partial charge in [0.1, 0.15) is 5.15 Å². The molecule has 0 spiro atoms. The molecule has 0 atom stereocenters. The van der Waals surface area contributed by atoms with E-state index in [2.05, 4.69) is 20.6 Å². The third kappa shape index (κ3) is 3.54. The summed E-state index contributed by atoms with van der Waals surface area (Å²) in [5, 5.41) is 5.64. The Labute approximate surface area is 105 Å². The molecular weight excluding hydrogens is 244 g/mol. The summed E-state index contributed by atoms with van der Waals surface area (Å²) < 4.78 is 4.93. The maximum absolute atomic E-state index is 11.8. The predicted octanol–water partition coefficient (Wildman–Crippen LogP) is 1.08. The summed E-state index contributed by atoms with van der Waals surface area (Å²) in [6, 6.07) is 1.46. The summed E-state index contributed by atoms with van der Waals surface area (Å²) in [7, 11) is 3.15. The number of rotatable bonds is 4.